The molecule has 0 aromatic heterocycles. The van der Waals surface area contributed by atoms with E-state index in [0.29, 0.717) is 12.1 Å². The van der Waals surface area contributed by atoms with Crippen LogP contribution >= 0.6 is 0 Å². The maximum atomic E-state index is 12.2. The minimum Gasteiger partial charge on any atom is -0.375 e. The maximum absolute atomic E-state index is 12.2. The highest BCUT2D eigenvalue weighted by atomic mass is 16.5. The van der Waals surface area contributed by atoms with E-state index in [1.165, 1.54) is 0 Å². The van der Waals surface area contributed by atoms with E-state index in [-0.39, 0.29) is 12.0 Å². The van der Waals surface area contributed by atoms with Crippen LogP contribution in [0.3, 0.4) is 0 Å². The molecule has 1 amide bonds. The van der Waals surface area contributed by atoms with Crippen LogP contribution < -0.4 is 5.32 Å². The predicted molar refractivity (Wildman–Crippen MR) is 84.4 cm³/mol. The van der Waals surface area contributed by atoms with Gasteiger partial charge in [0, 0.05) is 19.2 Å². The number of carbonyl (C=O) groups excluding carboxylic acids is 1. The molecule has 2 aromatic carbocycles. The largest absolute Gasteiger partial charge is 0.375 e. The van der Waals surface area contributed by atoms with Crippen molar-refractivity contribution < 1.29 is 9.53 Å². The number of carbonyl (C=O) groups is 1. The molecular formula is C18H21NO2. The summed E-state index contributed by atoms with van der Waals surface area (Å²) in [4.78, 5) is 12.2. The molecule has 0 bridgehead atoms. The van der Waals surface area contributed by atoms with Crippen molar-refractivity contribution in [2.75, 3.05) is 13.7 Å². The Hall–Kier alpha value is -2.13. The molecule has 110 valence electrons. The van der Waals surface area contributed by atoms with Gasteiger partial charge in [0.25, 0.3) is 5.91 Å². The van der Waals surface area contributed by atoms with Gasteiger partial charge in [-0.1, -0.05) is 47.5 Å². The summed E-state index contributed by atoms with van der Waals surface area (Å²) in [6.07, 6.45) is -0.138. The van der Waals surface area contributed by atoms with Gasteiger partial charge < -0.3 is 10.1 Å². The van der Waals surface area contributed by atoms with E-state index in [2.05, 4.69) is 11.4 Å². The van der Waals surface area contributed by atoms with Gasteiger partial charge in [0.2, 0.25) is 0 Å². The normalized spacial score (nSPS) is 12.0. The molecule has 0 radical (unpaired) electrons. The summed E-state index contributed by atoms with van der Waals surface area (Å²) in [6, 6.07) is 15.7. The van der Waals surface area contributed by atoms with E-state index in [1.807, 2.05) is 56.3 Å². The van der Waals surface area contributed by atoms with Crippen molar-refractivity contribution in [3.8, 4) is 0 Å². The van der Waals surface area contributed by atoms with E-state index in [0.717, 1.165) is 16.7 Å². The van der Waals surface area contributed by atoms with Gasteiger partial charge in [-0.15, -0.1) is 0 Å². The van der Waals surface area contributed by atoms with Crippen molar-refractivity contribution in [1.29, 1.82) is 0 Å². The second-order valence-corrected chi connectivity index (χ2v) is 5.22. The maximum Gasteiger partial charge on any atom is 0.251 e. The smallest absolute Gasteiger partial charge is 0.251 e. The topological polar surface area (TPSA) is 38.3 Å². The molecule has 0 saturated heterocycles. The summed E-state index contributed by atoms with van der Waals surface area (Å²) < 4.78 is 5.46. The average molecular weight is 283 g/mol. The van der Waals surface area contributed by atoms with Crippen LogP contribution in [0.2, 0.25) is 0 Å². The number of rotatable bonds is 5. The van der Waals surface area contributed by atoms with E-state index in [9.17, 15) is 4.79 Å². The zero-order valence-electron chi connectivity index (χ0n) is 12.7. The number of hydrogen-bond donors (Lipinski definition) is 1. The summed E-state index contributed by atoms with van der Waals surface area (Å²) in [5.41, 5.74) is 3.93. The molecule has 21 heavy (non-hydrogen) atoms. The summed E-state index contributed by atoms with van der Waals surface area (Å²) in [5.74, 6) is -0.0696. The van der Waals surface area contributed by atoms with Crippen LogP contribution in [-0.2, 0) is 4.74 Å². The Morgan fingerprint density at radius 1 is 1.10 bits per heavy atom. The summed E-state index contributed by atoms with van der Waals surface area (Å²) >= 11 is 0. The second-order valence-electron chi connectivity index (χ2n) is 5.22. The average Bonchev–Trinajstić information content (AvgIpc) is 2.47. The van der Waals surface area contributed by atoms with Crippen LogP contribution in [0.1, 0.15) is 33.2 Å². The van der Waals surface area contributed by atoms with E-state index in [4.69, 9.17) is 4.74 Å². The van der Waals surface area contributed by atoms with Crippen LogP contribution in [0.25, 0.3) is 0 Å². The SMILES string of the molecule is COC(CNC(=O)c1cc(C)cc(C)c1)c1ccccc1. The van der Waals surface area contributed by atoms with Crippen LogP contribution in [0.5, 0.6) is 0 Å². The van der Waals surface area contributed by atoms with Crippen molar-refractivity contribution in [1.82, 2.24) is 5.32 Å². The predicted octanol–water partition coefficient (Wildman–Crippen LogP) is 3.42. The van der Waals surface area contributed by atoms with Crippen LogP contribution in [0, 0.1) is 13.8 Å². The van der Waals surface area contributed by atoms with E-state index in [1.54, 1.807) is 7.11 Å². The molecule has 0 aliphatic rings. The van der Waals surface area contributed by atoms with Gasteiger partial charge in [-0.3, -0.25) is 4.79 Å². The fraction of sp³-hybridized carbons (Fsp3) is 0.278. The molecule has 0 aliphatic heterocycles. The summed E-state index contributed by atoms with van der Waals surface area (Å²) in [5, 5.41) is 2.94. The number of hydrogen-bond acceptors (Lipinski definition) is 2. The molecule has 1 unspecified atom stereocenters. The van der Waals surface area contributed by atoms with Crippen molar-refractivity contribution in [2.24, 2.45) is 0 Å². The second kappa shape index (κ2) is 7.04. The Morgan fingerprint density at radius 2 is 1.71 bits per heavy atom. The molecule has 0 fully saturated rings. The van der Waals surface area contributed by atoms with Crippen molar-refractivity contribution in [3.63, 3.8) is 0 Å². The lowest BCUT2D eigenvalue weighted by molar-refractivity contribution is 0.0828. The standard InChI is InChI=1S/C18H21NO2/c1-13-9-14(2)11-16(10-13)18(20)19-12-17(21-3)15-7-5-4-6-8-15/h4-11,17H,12H2,1-3H3,(H,19,20). The fourth-order valence-corrected chi connectivity index (χ4v) is 2.40. The van der Waals surface area contributed by atoms with Gasteiger partial charge in [-0.25, -0.2) is 0 Å². The number of nitrogens with one attached hydrogen (secondary N) is 1. The minimum absolute atomic E-state index is 0.0696. The third kappa shape index (κ3) is 4.17. The van der Waals surface area contributed by atoms with Gasteiger partial charge >= 0.3 is 0 Å². The number of ether oxygens (including phenoxy) is 1. The molecule has 1 atom stereocenters. The molecule has 2 aromatic rings. The lowest BCUT2D eigenvalue weighted by Gasteiger charge is -2.16. The monoisotopic (exact) mass is 283 g/mol. The van der Waals surface area contributed by atoms with Gasteiger partial charge in [0.1, 0.15) is 0 Å². The first-order chi connectivity index (χ1) is 10.1. The highest BCUT2D eigenvalue weighted by Crippen LogP contribution is 2.15. The number of aryl methyl sites for hydroxylation is 2. The zero-order valence-corrected chi connectivity index (χ0v) is 12.7. The van der Waals surface area contributed by atoms with E-state index < -0.39 is 0 Å². The Bertz CT molecular complexity index is 588. The Labute approximate surface area is 126 Å². The first-order valence-corrected chi connectivity index (χ1v) is 7.04. The third-order valence-corrected chi connectivity index (χ3v) is 3.39. The van der Waals surface area contributed by atoms with Gasteiger partial charge in [0.15, 0.2) is 0 Å². The lowest BCUT2D eigenvalue weighted by atomic mass is 10.1. The number of amides is 1. The van der Waals surface area contributed by atoms with Crippen LogP contribution in [0.15, 0.2) is 48.5 Å². The van der Waals surface area contributed by atoms with Crippen LogP contribution in [0.4, 0.5) is 0 Å². The first kappa shape index (κ1) is 15.3. The summed E-state index contributed by atoms with van der Waals surface area (Å²) in [6.45, 7) is 4.43. The molecule has 1 N–H and O–H groups in total. The molecule has 0 heterocycles. The summed E-state index contributed by atoms with van der Waals surface area (Å²) in [7, 11) is 1.65. The quantitative estimate of drug-likeness (QED) is 0.913. The van der Waals surface area contributed by atoms with Crippen molar-refractivity contribution in [2.45, 2.75) is 20.0 Å². The molecule has 0 aliphatic carbocycles. The molecule has 0 spiro atoms. The molecule has 3 nitrogen and oxygen atoms in total. The van der Waals surface area contributed by atoms with Gasteiger partial charge in [-0.05, 0) is 31.5 Å². The Morgan fingerprint density at radius 3 is 2.29 bits per heavy atom. The van der Waals surface area contributed by atoms with Gasteiger partial charge in [-0.2, -0.15) is 0 Å². The molecule has 3 heteroatoms. The van der Waals surface area contributed by atoms with Crippen LogP contribution in [-0.4, -0.2) is 19.6 Å². The number of methoxy groups -OCH3 is 1. The Balaban J connectivity index is 2.02. The first-order valence-electron chi connectivity index (χ1n) is 7.04. The lowest BCUT2D eigenvalue weighted by Crippen LogP contribution is -2.29. The molecular weight excluding hydrogens is 262 g/mol. The third-order valence-electron chi connectivity index (χ3n) is 3.39. The van der Waals surface area contributed by atoms with E-state index >= 15 is 0 Å². The molecule has 2 rings (SSSR count). The fourth-order valence-electron chi connectivity index (χ4n) is 2.40. The number of benzene rings is 2. The minimum atomic E-state index is -0.138. The molecule has 0 saturated carbocycles. The highest BCUT2D eigenvalue weighted by molar-refractivity contribution is 5.94. The van der Waals surface area contributed by atoms with Gasteiger partial charge in [0.05, 0.1) is 6.10 Å². The highest BCUT2D eigenvalue weighted by Gasteiger charge is 2.13. The van der Waals surface area contributed by atoms with Crippen molar-refractivity contribution >= 4 is 5.91 Å². The Kier molecular flexibility index (Phi) is 5.12. The van der Waals surface area contributed by atoms with Crippen molar-refractivity contribution in [3.05, 3.63) is 70.8 Å². The zero-order chi connectivity index (χ0) is 15.2.